The number of hydrogen-bond acceptors (Lipinski definition) is 7. The minimum atomic E-state index is -1.48. The van der Waals surface area contributed by atoms with Crippen LogP contribution < -0.4 is 0 Å². The van der Waals surface area contributed by atoms with E-state index in [4.69, 9.17) is 9.47 Å². The van der Waals surface area contributed by atoms with Crippen LogP contribution in [0.15, 0.2) is 18.3 Å². The molecule has 0 amide bonds. The van der Waals surface area contributed by atoms with E-state index >= 15 is 0 Å². The molecule has 0 aromatic carbocycles. The van der Waals surface area contributed by atoms with Crippen LogP contribution in [0.5, 0.6) is 0 Å². The van der Waals surface area contributed by atoms with E-state index in [1.165, 1.54) is 0 Å². The van der Waals surface area contributed by atoms with Gasteiger partial charge in [0.15, 0.2) is 0 Å². The second-order valence-electron chi connectivity index (χ2n) is 4.68. The van der Waals surface area contributed by atoms with E-state index in [2.05, 4.69) is 4.98 Å². The predicted molar refractivity (Wildman–Crippen MR) is 66.5 cm³/mol. The molecular weight excluding hydrogens is 266 g/mol. The van der Waals surface area contributed by atoms with E-state index in [0.29, 0.717) is 5.69 Å². The summed E-state index contributed by atoms with van der Waals surface area (Å²) in [7, 11) is 0. The number of esters is 1. The molecule has 110 valence electrons. The van der Waals surface area contributed by atoms with Crippen LogP contribution in [0.4, 0.5) is 0 Å². The molecule has 2 heterocycles. The molecule has 1 aromatic rings. The standard InChI is InChI=1S/C13H17NO6/c1-7-3-2-4-14-8(7)5-10(16)20-13-12(18)11(17)9(15)6-19-13/h2-4,9,11-13,15,17-18H,5-6H2,1H3. The highest BCUT2D eigenvalue weighted by atomic mass is 16.7. The lowest BCUT2D eigenvalue weighted by Gasteiger charge is -2.34. The Bertz CT molecular complexity index is 480. The van der Waals surface area contributed by atoms with Crippen LogP contribution in [0, 0.1) is 6.92 Å². The lowest BCUT2D eigenvalue weighted by Crippen LogP contribution is -2.54. The molecule has 3 N–H and O–H groups in total. The number of hydrogen-bond donors (Lipinski definition) is 3. The lowest BCUT2D eigenvalue weighted by molar-refractivity contribution is -0.262. The highest BCUT2D eigenvalue weighted by Gasteiger charge is 2.39. The van der Waals surface area contributed by atoms with Gasteiger partial charge in [-0.15, -0.1) is 0 Å². The van der Waals surface area contributed by atoms with Crippen molar-refractivity contribution in [1.82, 2.24) is 4.98 Å². The topological polar surface area (TPSA) is 109 Å². The monoisotopic (exact) mass is 283 g/mol. The quantitative estimate of drug-likeness (QED) is 0.605. The van der Waals surface area contributed by atoms with Crippen molar-refractivity contribution < 1.29 is 29.6 Å². The van der Waals surface area contributed by atoms with Crippen molar-refractivity contribution in [2.24, 2.45) is 0 Å². The number of pyridine rings is 1. The second kappa shape index (κ2) is 6.27. The number of aliphatic hydroxyl groups excluding tert-OH is 3. The molecule has 2 rings (SSSR count). The smallest absolute Gasteiger partial charge is 0.314 e. The fourth-order valence-electron chi connectivity index (χ4n) is 1.89. The van der Waals surface area contributed by atoms with Gasteiger partial charge in [0.25, 0.3) is 0 Å². The Morgan fingerprint density at radius 1 is 1.45 bits per heavy atom. The lowest BCUT2D eigenvalue weighted by atomic mass is 10.1. The Kier molecular flexibility index (Phi) is 4.66. The summed E-state index contributed by atoms with van der Waals surface area (Å²) in [6, 6.07) is 3.58. The minimum absolute atomic E-state index is 0.0576. The average molecular weight is 283 g/mol. The molecule has 7 heteroatoms. The molecule has 1 aliphatic heterocycles. The molecule has 1 aromatic heterocycles. The average Bonchev–Trinajstić information content (AvgIpc) is 2.42. The summed E-state index contributed by atoms with van der Waals surface area (Å²) in [6.07, 6.45) is -3.85. The summed E-state index contributed by atoms with van der Waals surface area (Å²) in [6.45, 7) is 1.61. The van der Waals surface area contributed by atoms with Crippen molar-refractivity contribution in [3.63, 3.8) is 0 Å². The number of rotatable bonds is 3. The molecule has 1 saturated heterocycles. The van der Waals surface area contributed by atoms with Gasteiger partial charge in [-0.1, -0.05) is 6.07 Å². The summed E-state index contributed by atoms with van der Waals surface area (Å²) in [5, 5.41) is 28.4. The molecule has 1 fully saturated rings. The predicted octanol–water partition coefficient (Wildman–Crippen LogP) is -1.09. The first-order valence-electron chi connectivity index (χ1n) is 6.25. The third kappa shape index (κ3) is 3.31. The first kappa shape index (κ1) is 14.9. The Morgan fingerprint density at radius 2 is 2.20 bits per heavy atom. The summed E-state index contributed by atoms with van der Waals surface area (Å²) in [4.78, 5) is 15.8. The largest absolute Gasteiger partial charge is 0.432 e. The van der Waals surface area contributed by atoms with Crippen molar-refractivity contribution in [2.75, 3.05) is 6.61 Å². The highest BCUT2D eigenvalue weighted by Crippen LogP contribution is 2.17. The summed E-state index contributed by atoms with van der Waals surface area (Å²) in [5.74, 6) is -0.626. The minimum Gasteiger partial charge on any atom is -0.432 e. The number of carbonyl (C=O) groups is 1. The van der Waals surface area contributed by atoms with Gasteiger partial charge in [0.05, 0.1) is 18.7 Å². The number of ether oxygens (including phenoxy) is 2. The van der Waals surface area contributed by atoms with E-state index < -0.39 is 30.6 Å². The van der Waals surface area contributed by atoms with E-state index in [-0.39, 0.29) is 13.0 Å². The molecule has 0 spiro atoms. The van der Waals surface area contributed by atoms with Crippen molar-refractivity contribution >= 4 is 5.97 Å². The van der Waals surface area contributed by atoms with Crippen LogP contribution in [-0.2, 0) is 20.7 Å². The van der Waals surface area contributed by atoms with Crippen molar-refractivity contribution in [2.45, 2.75) is 37.9 Å². The summed E-state index contributed by atoms with van der Waals surface area (Å²) >= 11 is 0. The zero-order chi connectivity index (χ0) is 14.7. The van der Waals surface area contributed by atoms with Gasteiger partial charge in [-0.25, -0.2) is 0 Å². The number of nitrogens with zero attached hydrogens (tertiary/aromatic N) is 1. The van der Waals surface area contributed by atoms with Gasteiger partial charge >= 0.3 is 5.97 Å². The van der Waals surface area contributed by atoms with Crippen LogP contribution in [-0.4, -0.2) is 57.5 Å². The molecule has 20 heavy (non-hydrogen) atoms. The maximum Gasteiger partial charge on any atom is 0.314 e. The van der Waals surface area contributed by atoms with Gasteiger partial charge in [-0.3, -0.25) is 9.78 Å². The van der Waals surface area contributed by atoms with Crippen molar-refractivity contribution in [3.8, 4) is 0 Å². The molecule has 0 saturated carbocycles. The van der Waals surface area contributed by atoms with Gasteiger partial charge < -0.3 is 24.8 Å². The normalized spacial score (nSPS) is 30.0. The Hall–Kier alpha value is -1.54. The Labute approximate surface area is 115 Å². The molecule has 0 radical (unpaired) electrons. The molecule has 4 unspecified atom stereocenters. The van der Waals surface area contributed by atoms with Gasteiger partial charge in [0.2, 0.25) is 6.29 Å². The third-order valence-electron chi connectivity index (χ3n) is 3.13. The molecule has 7 nitrogen and oxygen atoms in total. The molecular formula is C13H17NO6. The molecule has 0 bridgehead atoms. The van der Waals surface area contributed by atoms with Crippen molar-refractivity contribution in [3.05, 3.63) is 29.6 Å². The maximum absolute atomic E-state index is 11.8. The van der Waals surface area contributed by atoms with E-state index in [9.17, 15) is 20.1 Å². The van der Waals surface area contributed by atoms with Crippen LogP contribution in [0.25, 0.3) is 0 Å². The zero-order valence-corrected chi connectivity index (χ0v) is 11.0. The highest BCUT2D eigenvalue weighted by molar-refractivity contribution is 5.72. The number of aromatic nitrogens is 1. The SMILES string of the molecule is Cc1cccnc1CC(=O)OC1OCC(O)C(O)C1O. The van der Waals surface area contributed by atoms with E-state index in [1.807, 2.05) is 13.0 Å². The van der Waals surface area contributed by atoms with Crippen LogP contribution in [0.2, 0.25) is 0 Å². The zero-order valence-electron chi connectivity index (χ0n) is 11.0. The second-order valence-corrected chi connectivity index (χ2v) is 4.68. The molecule has 0 aliphatic carbocycles. The molecule has 1 aliphatic rings. The van der Waals surface area contributed by atoms with Gasteiger partial charge in [0.1, 0.15) is 18.3 Å². The van der Waals surface area contributed by atoms with Gasteiger partial charge in [0, 0.05) is 6.20 Å². The maximum atomic E-state index is 11.8. The third-order valence-corrected chi connectivity index (χ3v) is 3.13. The van der Waals surface area contributed by atoms with Crippen LogP contribution in [0.1, 0.15) is 11.3 Å². The van der Waals surface area contributed by atoms with Crippen molar-refractivity contribution in [1.29, 1.82) is 0 Å². The molecule has 4 atom stereocenters. The van der Waals surface area contributed by atoms with E-state index in [1.54, 1.807) is 12.3 Å². The van der Waals surface area contributed by atoms with Gasteiger partial charge in [-0.05, 0) is 18.6 Å². The fraction of sp³-hybridized carbons (Fsp3) is 0.538. The Morgan fingerprint density at radius 3 is 2.90 bits per heavy atom. The van der Waals surface area contributed by atoms with E-state index in [0.717, 1.165) is 5.56 Å². The number of aliphatic hydroxyl groups is 3. The van der Waals surface area contributed by atoms with Crippen LogP contribution >= 0.6 is 0 Å². The first-order valence-corrected chi connectivity index (χ1v) is 6.25. The number of aryl methyl sites for hydroxylation is 1. The Balaban J connectivity index is 1.93. The fourth-order valence-corrected chi connectivity index (χ4v) is 1.89. The number of carbonyl (C=O) groups excluding carboxylic acids is 1. The summed E-state index contributed by atoms with van der Waals surface area (Å²) < 4.78 is 9.95. The van der Waals surface area contributed by atoms with Crippen LogP contribution in [0.3, 0.4) is 0 Å². The van der Waals surface area contributed by atoms with Gasteiger partial charge in [-0.2, -0.15) is 0 Å². The first-order chi connectivity index (χ1) is 9.49. The summed E-state index contributed by atoms with van der Waals surface area (Å²) in [5.41, 5.74) is 1.42.